The summed E-state index contributed by atoms with van der Waals surface area (Å²) in [5.41, 5.74) is 0.992. The van der Waals surface area contributed by atoms with Gasteiger partial charge in [0.2, 0.25) is 11.9 Å². The van der Waals surface area contributed by atoms with Gasteiger partial charge in [-0.2, -0.15) is 0 Å². The maximum absolute atomic E-state index is 12.5. The summed E-state index contributed by atoms with van der Waals surface area (Å²) in [5, 5.41) is 30.3. The number of aliphatic hydroxyl groups is 2. The Kier molecular flexibility index (Phi) is 8.19. The van der Waals surface area contributed by atoms with E-state index in [0.717, 1.165) is 59.2 Å². The van der Waals surface area contributed by atoms with Crippen LogP contribution in [0.3, 0.4) is 0 Å². The van der Waals surface area contributed by atoms with Crippen molar-refractivity contribution < 1.29 is 19.7 Å². The molecule has 2 saturated heterocycles. The molecule has 2 unspecified atom stereocenters. The Labute approximate surface area is 225 Å². The van der Waals surface area contributed by atoms with Gasteiger partial charge in [0.15, 0.2) is 6.35 Å². The number of morpholine rings is 1. The Morgan fingerprint density at radius 1 is 1.21 bits per heavy atom. The highest BCUT2D eigenvalue weighted by molar-refractivity contribution is 7.22. The van der Waals surface area contributed by atoms with E-state index >= 15 is 0 Å². The molecular weight excluding hydrogens is 506 g/mol. The van der Waals surface area contributed by atoms with Gasteiger partial charge in [0.05, 0.1) is 29.3 Å². The fourth-order valence-corrected chi connectivity index (χ4v) is 5.76. The van der Waals surface area contributed by atoms with E-state index in [9.17, 15) is 15.0 Å². The number of nitrogens with one attached hydrogen (secondary N) is 3. The lowest BCUT2D eigenvalue weighted by Gasteiger charge is -2.33. The summed E-state index contributed by atoms with van der Waals surface area (Å²) in [6.07, 6.45) is 0.449. The van der Waals surface area contributed by atoms with Gasteiger partial charge < -0.3 is 25.6 Å². The topological polar surface area (TPSA) is 135 Å². The zero-order valence-electron chi connectivity index (χ0n) is 21.7. The second-order valence-corrected chi connectivity index (χ2v) is 11.2. The normalized spacial score (nSPS) is 22.1. The van der Waals surface area contributed by atoms with Crippen LogP contribution in [-0.4, -0.2) is 99.9 Å². The summed E-state index contributed by atoms with van der Waals surface area (Å²) < 4.78 is 6.47. The smallest absolute Gasteiger partial charge is 0.225 e. The zero-order valence-corrected chi connectivity index (χ0v) is 22.5. The number of ether oxygens (including phenoxy) is 1. The van der Waals surface area contributed by atoms with Crippen LogP contribution in [0.5, 0.6) is 0 Å². The highest BCUT2D eigenvalue weighted by Crippen LogP contribution is 2.34. The molecule has 0 spiro atoms. The molecule has 11 nitrogen and oxygen atoms in total. The summed E-state index contributed by atoms with van der Waals surface area (Å²) in [6, 6.07) is 9.90. The minimum absolute atomic E-state index is 0.00735. The molecule has 204 valence electrons. The zero-order chi connectivity index (χ0) is 26.7. The van der Waals surface area contributed by atoms with Gasteiger partial charge in [-0.1, -0.05) is 0 Å². The molecule has 5 N–H and O–H groups in total. The third-order valence-corrected chi connectivity index (χ3v) is 8.25. The van der Waals surface area contributed by atoms with Gasteiger partial charge in [0.25, 0.3) is 0 Å². The van der Waals surface area contributed by atoms with Crippen molar-refractivity contribution in [2.45, 2.75) is 38.4 Å². The number of fused-ring (bicyclic) bond motifs is 1. The first kappa shape index (κ1) is 26.9. The first-order chi connectivity index (χ1) is 18.3. The number of hydrogen-bond acceptors (Lipinski definition) is 11. The van der Waals surface area contributed by atoms with Gasteiger partial charge in [-0.3, -0.25) is 19.9 Å². The highest BCUT2D eigenvalue weighted by atomic mass is 32.1. The second kappa shape index (κ2) is 11.6. The number of anilines is 2. The quantitative estimate of drug-likeness (QED) is 0.272. The number of aromatic nitrogens is 2. The standard InChI is InChI=1S/C26H35N7O4S/c1-26(2)23(35)31-25(36)33(26)10-8-28-24-27-7-5-19(30-24)21-16-17-15-18(3-4-20(17)38-21)29-22(34)6-9-32-11-13-37-14-12-32/h3-5,7,15-16,23,25,31,35-36H,6,8-14H2,1-2H3,(H,29,34)(H,27,28,30). The summed E-state index contributed by atoms with van der Waals surface area (Å²) in [4.78, 5) is 26.5. The molecule has 0 radical (unpaired) electrons. The van der Waals surface area contributed by atoms with Gasteiger partial charge >= 0.3 is 0 Å². The average Bonchev–Trinajstić information content (AvgIpc) is 3.41. The van der Waals surface area contributed by atoms with Crippen LogP contribution in [0, 0.1) is 0 Å². The van der Waals surface area contributed by atoms with E-state index in [1.54, 1.807) is 22.4 Å². The SMILES string of the molecule is CC1(C)C(O)NC(O)N1CCNc1nccc(-c2cc3cc(NC(=O)CCN4CCOCC4)ccc3s2)n1. The Balaban J connectivity index is 1.19. The van der Waals surface area contributed by atoms with Crippen LogP contribution in [-0.2, 0) is 9.53 Å². The Bertz CT molecular complexity index is 1260. The van der Waals surface area contributed by atoms with Gasteiger partial charge in [-0.25, -0.2) is 9.97 Å². The van der Waals surface area contributed by atoms with Crippen LogP contribution in [0.25, 0.3) is 20.7 Å². The number of carbonyl (C=O) groups excluding carboxylic acids is 1. The van der Waals surface area contributed by atoms with E-state index in [1.165, 1.54) is 0 Å². The van der Waals surface area contributed by atoms with Gasteiger partial charge in [0.1, 0.15) is 6.23 Å². The van der Waals surface area contributed by atoms with Crippen LogP contribution in [0.2, 0.25) is 0 Å². The van der Waals surface area contributed by atoms with Crippen molar-refractivity contribution in [3.8, 4) is 10.6 Å². The monoisotopic (exact) mass is 541 g/mol. The van der Waals surface area contributed by atoms with E-state index in [0.29, 0.717) is 25.5 Å². The molecule has 2 aliphatic heterocycles. The molecule has 12 heteroatoms. The van der Waals surface area contributed by atoms with Crippen LogP contribution in [0.1, 0.15) is 20.3 Å². The molecule has 2 aliphatic rings. The minimum atomic E-state index is -0.910. The fourth-order valence-electron chi connectivity index (χ4n) is 4.74. The van der Waals surface area contributed by atoms with Gasteiger partial charge in [0, 0.05) is 55.7 Å². The van der Waals surface area contributed by atoms with Crippen LogP contribution >= 0.6 is 11.3 Å². The van der Waals surface area contributed by atoms with Gasteiger partial charge in [-0.15, -0.1) is 11.3 Å². The van der Waals surface area contributed by atoms with Crippen molar-refractivity contribution >= 4 is 39.0 Å². The molecule has 2 fully saturated rings. The van der Waals surface area contributed by atoms with Crippen molar-refractivity contribution in [3.05, 3.63) is 36.5 Å². The minimum Gasteiger partial charge on any atom is -0.379 e. The number of rotatable bonds is 9. The average molecular weight is 542 g/mol. The van der Waals surface area contributed by atoms with E-state index in [4.69, 9.17) is 4.74 Å². The van der Waals surface area contributed by atoms with E-state index in [-0.39, 0.29) is 5.91 Å². The predicted octanol–water partition coefficient (Wildman–Crippen LogP) is 1.71. The van der Waals surface area contributed by atoms with Crippen molar-refractivity contribution in [1.29, 1.82) is 0 Å². The predicted molar refractivity (Wildman–Crippen MR) is 148 cm³/mol. The molecule has 3 aromatic rings. The summed E-state index contributed by atoms with van der Waals surface area (Å²) in [7, 11) is 0. The lowest BCUT2D eigenvalue weighted by atomic mass is 10.0. The van der Waals surface area contributed by atoms with Crippen molar-refractivity contribution in [3.63, 3.8) is 0 Å². The van der Waals surface area contributed by atoms with Crippen molar-refractivity contribution in [1.82, 2.24) is 25.1 Å². The molecule has 5 rings (SSSR count). The van der Waals surface area contributed by atoms with Crippen LogP contribution in [0.15, 0.2) is 36.5 Å². The largest absolute Gasteiger partial charge is 0.379 e. The lowest BCUT2D eigenvalue weighted by Crippen LogP contribution is -2.49. The van der Waals surface area contributed by atoms with E-state index in [1.807, 2.05) is 38.1 Å². The third-order valence-electron chi connectivity index (χ3n) is 7.11. The molecule has 1 aromatic carbocycles. The fraction of sp³-hybridized carbons (Fsp3) is 0.500. The summed E-state index contributed by atoms with van der Waals surface area (Å²) in [6.45, 7) is 8.69. The second-order valence-electron chi connectivity index (χ2n) is 10.1. The maximum Gasteiger partial charge on any atom is 0.225 e. The molecule has 0 aliphatic carbocycles. The first-order valence-corrected chi connectivity index (χ1v) is 13.7. The van der Waals surface area contributed by atoms with E-state index in [2.05, 4.69) is 36.9 Å². The molecule has 2 aromatic heterocycles. The number of carbonyl (C=O) groups is 1. The van der Waals surface area contributed by atoms with Crippen molar-refractivity contribution in [2.75, 3.05) is 56.6 Å². The molecule has 0 saturated carbocycles. The molecule has 4 heterocycles. The number of nitrogens with zero attached hydrogens (tertiary/aromatic N) is 4. The number of amides is 1. The number of aliphatic hydroxyl groups excluding tert-OH is 2. The lowest BCUT2D eigenvalue weighted by molar-refractivity contribution is -0.116. The number of benzene rings is 1. The van der Waals surface area contributed by atoms with E-state index < -0.39 is 18.1 Å². The third kappa shape index (κ3) is 6.12. The number of thiophene rings is 1. The van der Waals surface area contributed by atoms with Crippen LogP contribution < -0.4 is 16.0 Å². The van der Waals surface area contributed by atoms with Gasteiger partial charge in [-0.05, 0) is 49.6 Å². The van der Waals surface area contributed by atoms with Crippen molar-refractivity contribution in [2.24, 2.45) is 0 Å². The first-order valence-electron chi connectivity index (χ1n) is 12.9. The molecule has 2 atom stereocenters. The molecular formula is C26H35N7O4S. The molecule has 0 bridgehead atoms. The number of hydrogen-bond donors (Lipinski definition) is 5. The Morgan fingerprint density at radius 2 is 2.03 bits per heavy atom. The Hall–Kier alpha value is -2.71. The Morgan fingerprint density at radius 3 is 2.79 bits per heavy atom. The van der Waals surface area contributed by atoms with Crippen LogP contribution in [0.4, 0.5) is 11.6 Å². The maximum atomic E-state index is 12.5. The molecule has 1 amide bonds. The summed E-state index contributed by atoms with van der Waals surface area (Å²) >= 11 is 1.63. The highest BCUT2D eigenvalue weighted by Gasteiger charge is 2.45. The molecule has 38 heavy (non-hydrogen) atoms. The summed E-state index contributed by atoms with van der Waals surface area (Å²) in [5.74, 6) is 0.501.